The van der Waals surface area contributed by atoms with E-state index in [1.807, 2.05) is 38.1 Å². The molecule has 5 aromatic rings. The topological polar surface area (TPSA) is 117 Å². The maximum atomic E-state index is 13.0. The SMILES string of the molecule is CCOc1nnc2c(Oc3ccc(NS(=O)(=O)c4cc(C)ccc4OC)cc3)nc3ccccc3n12. The summed E-state index contributed by atoms with van der Waals surface area (Å²) in [7, 11) is -2.44. The summed E-state index contributed by atoms with van der Waals surface area (Å²) in [4.78, 5) is 4.65. The van der Waals surface area contributed by atoms with Gasteiger partial charge >= 0.3 is 6.01 Å². The number of sulfonamides is 1. The number of aromatic nitrogens is 4. The normalized spacial score (nSPS) is 11.5. The monoisotopic (exact) mass is 505 g/mol. The van der Waals surface area contributed by atoms with E-state index >= 15 is 0 Å². The van der Waals surface area contributed by atoms with E-state index in [0.29, 0.717) is 35.2 Å². The van der Waals surface area contributed by atoms with E-state index in [1.54, 1.807) is 46.9 Å². The smallest absolute Gasteiger partial charge is 0.322 e. The van der Waals surface area contributed by atoms with Crippen LogP contribution in [0.1, 0.15) is 12.5 Å². The van der Waals surface area contributed by atoms with Crippen LogP contribution in [0.3, 0.4) is 0 Å². The molecular formula is C25H23N5O5S. The highest BCUT2D eigenvalue weighted by molar-refractivity contribution is 7.92. The van der Waals surface area contributed by atoms with Crippen LogP contribution in [-0.2, 0) is 10.0 Å². The summed E-state index contributed by atoms with van der Waals surface area (Å²) in [5.74, 6) is 0.945. The van der Waals surface area contributed by atoms with E-state index in [4.69, 9.17) is 14.2 Å². The molecule has 36 heavy (non-hydrogen) atoms. The van der Waals surface area contributed by atoms with Crippen LogP contribution in [0, 0.1) is 6.92 Å². The van der Waals surface area contributed by atoms with Gasteiger partial charge in [0.05, 0.1) is 24.8 Å². The molecule has 0 saturated carbocycles. The van der Waals surface area contributed by atoms with Crippen LogP contribution in [0.15, 0.2) is 71.6 Å². The van der Waals surface area contributed by atoms with Gasteiger partial charge in [0.25, 0.3) is 15.9 Å². The molecule has 10 nitrogen and oxygen atoms in total. The Balaban J connectivity index is 1.44. The summed E-state index contributed by atoms with van der Waals surface area (Å²) in [6, 6.07) is 19.3. The minimum atomic E-state index is -3.87. The highest BCUT2D eigenvalue weighted by atomic mass is 32.2. The average molecular weight is 506 g/mol. The number of nitrogens with one attached hydrogen (secondary N) is 1. The lowest BCUT2D eigenvalue weighted by atomic mass is 10.2. The Hall–Kier alpha value is -4.38. The molecule has 0 radical (unpaired) electrons. The third-order valence-electron chi connectivity index (χ3n) is 5.37. The van der Waals surface area contributed by atoms with Gasteiger partial charge in [-0.05, 0) is 67.9 Å². The number of hydrogen-bond acceptors (Lipinski definition) is 8. The van der Waals surface area contributed by atoms with Crippen LogP contribution in [0.4, 0.5) is 5.69 Å². The Labute approximate surface area is 207 Å². The Bertz CT molecular complexity index is 1670. The molecule has 2 heterocycles. The zero-order valence-corrected chi connectivity index (χ0v) is 20.6. The molecule has 2 aromatic heterocycles. The Kier molecular flexibility index (Phi) is 6.06. The second-order valence-electron chi connectivity index (χ2n) is 7.87. The molecule has 0 fully saturated rings. The number of benzene rings is 3. The summed E-state index contributed by atoms with van der Waals surface area (Å²) in [5, 5.41) is 8.33. The predicted molar refractivity (Wildman–Crippen MR) is 135 cm³/mol. The average Bonchev–Trinajstić information content (AvgIpc) is 3.30. The zero-order valence-electron chi connectivity index (χ0n) is 19.8. The molecule has 0 aliphatic carbocycles. The first kappa shape index (κ1) is 23.4. The van der Waals surface area contributed by atoms with Gasteiger partial charge in [0.1, 0.15) is 16.4 Å². The number of methoxy groups -OCH3 is 1. The highest BCUT2D eigenvalue weighted by Crippen LogP contribution is 2.31. The maximum Gasteiger partial charge on any atom is 0.322 e. The second kappa shape index (κ2) is 9.34. The molecule has 11 heteroatoms. The molecule has 0 bridgehead atoms. The Morgan fingerprint density at radius 3 is 2.53 bits per heavy atom. The van der Waals surface area contributed by atoms with Gasteiger partial charge in [0, 0.05) is 5.69 Å². The molecule has 0 spiro atoms. The molecule has 0 aliphatic heterocycles. The first-order chi connectivity index (χ1) is 17.4. The Morgan fingerprint density at radius 2 is 1.78 bits per heavy atom. The van der Waals surface area contributed by atoms with Crippen LogP contribution in [0.25, 0.3) is 16.7 Å². The summed E-state index contributed by atoms with van der Waals surface area (Å²) < 4.78 is 47.2. The molecular weight excluding hydrogens is 482 g/mol. The third kappa shape index (κ3) is 4.36. The number of fused-ring (bicyclic) bond motifs is 3. The van der Waals surface area contributed by atoms with Crippen LogP contribution in [0.2, 0.25) is 0 Å². The largest absolute Gasteiger partial charge is 0.495 e. The molecule has 0 atom stereocenters. The lowest BCUT2D eigenvalue weighted by Crippen LogP contribution is -2.14. The van der Waals surface area contributed by atoms with Crippen LogP contribution < -0.4 is 18.9 Å². The zero-order chi connectivity index (χ0) is 25.3. The minimum absolute atomic E-state index is 0.0602. The van der Waals surface area contributed by atoms with Gasteiger partial charge in [-0.3, -0.25) is 4.72 Å². The van der Waals surface area contributed by atoms with E-state index in [9.17, 15) is 8.42 Å². The number of aryl methyl sites for hydroxylation is 1. The molecule has 5 rings (SSSR count). The molecule has 184 valence electrons. The fraction of sp³-hybridized carbons (Fsp3) is 0.160. The number of anilines is 1. The van der Waals surface area contributed by atoms with Crippen molar-refractivity contribution in [1.82, 2.24) is 19.6 Å². The van der Waals surface area contributed by atoms with Gasteiger partial charge in [-0.1, -0.05) is 23.3 Å². The fourth-order valence-corrected chi connectivity index (χ4v) is 5.04. The van der Waals surface area contributed by atoms with Crippen molar-refractivity contribution in [2.24, 2.45) is 0 Å². The summed E-state index contributed by atoms with van der Waals surface area (Å²) in [5.41, 5.74) is 3.02. The maximum absolute atomic E-state index is 13.0. The van der Waals surface area contributed by atoms with Gasteiger partial charge < -0.3 is 14.2 Å². The molecule has 0 saturated heterocycles. The van der Waals surface area contributed by atoms with Crippen LogP contribution in [0.5, 0.6) is 23.4 Å². The van der Waals surface area contributed by atoms with Crippen molar-refractivity contribution in [3.63, 3.8) is 0 Å². The number of ether oxygens (including phenoxy) is 3. The van der Waals surface area contributed by atoms with E-state index < -0.39 is 10.0 Å². The number of nitrogens with zero attached hydrogens (tertiary/aromatic N) is 4. The van der Waals surface area contributed by atoms with E-state index in [2.05, 4.69) is 19.9 Å². The predicted octanol–water partition coefficient (Wildman–Crippen LogP) is 4.59. The summed E-state index contributed by atoms with van der Waals surface area (Å²) in [6.07, 6.45) is 0. The first-order valence-corrected chi connectivity index (χ1v) is 12.6. The highest BCUT2D eigenvalue weighted by Gasteiger charge is 2.21. The van der Waals surface area contributed by atoms with Gasteiger partial charge in [0.2, 0.25) is 5.65 Å². The number of hydrogen-bond donors (Lipinski definition) is 1. The van der Waals surface area contributed by atoms with Crippen molar-refractivity contribution in [3.05, 3.63) is 72.3 Å². The Morgan fingerprint density at radius 1 is 1.00 bits per heavy atom. The fourth-order valence-electron chi connectivity index (χ4n) is 3.73. The first-order valence-electron chi connectivity index (χ1n) is 11.1. The lowest BCUT2D eigenvalue weighted by molar-refractivity contribution is 0.310. The third-order valence-corrected chi connectivity index (χ3v) is 6.77. The standard InChI is InChI=1S/C25H23N5O5S/c1-4-34-25-28-27-23-24(26-19-7-5-6-8-20(19)30(23)25)35-18-12-10-17(11-13-18)29-36(31,32)22-15-16(2)9-14-21(22)33-3/h5-15,29H,4H2,1-3H3. The van der Waals surface area contributed by atoms with Crippen molar-refractivity contribution in [3.8, 4) is 23.4 Å². The second-order valence-corrected chi connectivity index (χ2v) is 9.52. The van der Waals surface area contributed by atoms with E-state index in [1.165, 1.54) is 7.11 Å². The molecule has 3 aromatic carbocycles. The van der Waals surface area contributed by atoms with Gasteiger partial charge in [-0.2, -0.15) is 0 Å². The summed E-state index contributed by atoms with van der Waals surface area (Å²) >= 11 is 0. The van der Waals surface area contributed by atoms with Gasteiger partial charge in [-0.25, -0.2) is 17.8 Å². The number of para-hydroxylation sites is 2. The quantitative estimate of drug-likeness (QED) is 0.326. The summed E-state index contributed by atoms with van der Waals surface area (Å²) in [6.45, 7) is 4.11. The number of rotatable bonds is 8. The lowest BCUT2D eigenvalue weighted by Gasteiger charge is -2.13. The van der Waals surface area contributed by atoms with Crippen molar-refractivity contribution in [2.45, 2.75) is 18.7 Å². The van der Waals surface area contributed by atoms with Gasteiger partial charge in [0.15, 0.2) is 0 Å². The molecule has 1 N–H and O–H groups in total. The van der Waals surface area contributed by atoms with Crippen LogP contribution >= 0.6 is 0 Å². The molecule has 0 aliphatic rings. The van der Waals surface area contributed by atoms with Crippen molar-refractivity contribution < 1.29 is 22.6 Å². The van der Waals surface area contributed by atoms with Crippen molar-refractivity contribution in [2.75, 3.05) is 18.4 Å². The van der Waals surface area contributed by atoms with E-state index in [-0.39, 0.29) is 16.5 Å². The molecule has 0 unspecified atom stereocenters. The van der Waals surface area contributed by atoms with Crippen LogP contribution in [-0.4, -0.2) is 41.7 Å². The molecule has 0 amide bonds. The van der Waals surface area contributed by atoms with Crippen molar-refractivity contribution in [1.29, 1.82) is 0 Å². The van der Waals surface area contributed by atoms with Gasteiger partial charge in [-0.15, -0.1) is 5.10 Å². The van der Waals surface area contributed by atoms with E-state index in [0.717, 1.165) is 11.1 Å². The van der Waals surface area contributed by atoms with Crippen molar-refractivity contribution >= 4 is 32.4 Å². The minimum Gasteiger partial charge on any atom is -0.495 e.